The molecule has 1 amide bonds. The van der Waals surface area contributed by atoms with Crippen LogP contribution in [0.4, 0.5) is 11.4 Å². The van der Waals surface area contributed by atoms with Gasteiger partial charge >= 0.3 is 0 Å². The summed E-state index contributed by atoms with van der Waals surface area (Å²) in [5.74, 6) is -0.283. The average Bonchev–Trinajstić information content (AvgIpc) is 2.62. The van der Waals surface area contributed by atoms with Crippen molar-refractivity contribution in [3.63, 3.8) is 0 Å². The van der Waals surface area contributed by atoms with Gasteiger partial charge in [0.25, 0.3) is 5.91 Å². The van der Waals surface area contributed by atoms with Crippen LogP contribution in [0, 0.1) is 11.3 Å². The summed E-state index contributed by atoms with van der Waals surface area (Å²) < 4.78 is 5.16. The molecule has 132 valence electrons. The van der Waals surface area contributed by atoms with E-state index in [0.717, 1.165) is 0 Å². The van der Waals surface area contributed by atoms with E-state index < -0.39 is 5.91 Å². The van der Waals surface area contributed by atoms with Crippen molar-refractivity contribution in [2.75, 3.05) is 17.7 Å². The second-order valence-electron chi connectivity index (χ2n) is 5.25. The molecule has 0 aliphatic rings. The van der Waals surface area contributed by atoms with Crippen molar-refractivity contribution in [1.82, 2.24) is 0 Å². The molecule has 0 saturated heterocycles. The van der Waals surface area contributed by atoms with Crippen LogP contribution < -0.4 is 15.4 Å². The van der Waals surface area contributed by atoms with Gasteiger partial charge in [0.2, 0.25) is 0 Å². The summed E-state index contributed by atoms with van der Waals surface area (Å²) in [6.07, 6.45) is 1.27. The minimum atomic E-state index is -0.622. The number of nitrogens with one attached hydrogen (secondary N) is 2. The fourth-order valence-electron chi connectivity index (χ4n) is 2.10. The number of halogens is 1. The third-order valence-electron chi connectivity index (χ3n) is 3.43. The zero-order valence-corrected chi connectivity index (χ0v) is 14.9. The minimum Gasteiger partial charge on any atom is -0.495 e. The van der Waals surface area contributed by atoms with Crippen molar-refractivity contribution in [2.45, 2.75) is 6.92 Å². The molecule has 7 heteroatoms. The van der Waals surface area contributed by atoms with Crippen molar-refractivity contribution >= 4 is 34.7 Å². The second kappa shape index (κ2) is 8.70. The lowest BCUT2D eigenvalue weighted by Gasteiger charge is -2.10. The number of nitrogens with zero attached hydrogens (tertiary/aromatic N) is 1. The smallest absolute Gasteiger partial charge is 0.267 e. The minimum absolute atomic E-state index is 0.0797. The van der Waals surface area contributed by atoms with Crippen molar-refractivity contribution in [1.29, 1.82) is 5.26 Å². The molecule has 2 aromatic carbocycles. The maximum absolute atomic E-state index is 12.3. The van der Waals surface area contributed by atoms with E-state index in [2.05, 4.69) is 10.6 Å². The number of ketones is 1. The number of carbonyl (C=O) groups excluding carboxylic acids is 2. The normalized spacial score (nSPS) is 10.6. The number of ether oxygens (including phenoxy) is 1. The fourth-order valence-corrected chi connectivity index (χ4v) is 2.27. The van der Waals surface area contributed by atoms with E-state index in [9.17, 15) is 14.9 Å². The monoisotopic (exact) mass is 369 g/mol. The molecule has 0 heterocycles. The van der Waals surface area contributed by atoms with E-state index >= 15 is 0 Å². The van der Waals surface area contributed by atoms with Crippen LogP contribution in [0.25, 0.3) is 0 Å². The summed E-state index contributed by atoms with van der Waals surface area (Å²) in [5.41, 5.74) is 1.30. The first kappa shape index (κ1) is 19.0. The third-order valence-corrected chi connectivity index (χ3v) is 3.66. The highest BCUT2D eigenvalue weighted by Crippen LogP contribution is 2.28. The first-order valence-corrected chi connectivity index (χ1v) is 7.95. The highest BCUT2D eigenvalue weighted by atomic mass is 35.5. The lowest BCUT2D eigenvalue weighted by molar-refractivity contribution is -0.112. The molecule has 2 rings (SSSR count). The van der Waals surface area contributed by atoms with Gasteiger partial charge in [0.05, 0.1) is 12.8 Å². The van der Waals surface area contributed by atoms with Gasteiger partial charge in [0.15, 0.2) is 5.78 Å². The molecule has 0 fully saturated rings. The van der Waals surface area contributed by atoms with Gasteiger partial charge in [-0.15, -0.1) is 0 Å². The van der Waals surface area contributed by atoms with Gasteiger partial charge in [-0.2, -0.15) is 5.26 Å². The van der Waals surface area contributed by atoms with Crippen LogP contribution in [0.1, 0.15) is 17.3 Å². The van der Waals surface area contributed by atoms with Gasteiger partial charge in [0, 0.05) is 22.5 Å². The molecular formula is C19H16ClN3O3. The molecule has 2 N–H and O–H groups in total. The molecule has 0 spiro atoms. The first-order chi connectivity index (χ1) is 12.4. The Hall–Kier alpha value is -3.30. The summed E-state index contributed by atoms with van der Waals surface area (Å²) in [6.45, 7) is 1.46. The van der Waals surface area contributed by atoms with Gasteiger partial charge in [-0.1, -0.05) is 23.7 Å². The molecular weight excluding hydrogens is 354 g/mol. The Labute approximate surface area is 156 Å². The van der Waals surface area contributed by atoms with E-state index in [1.165, 1.54) is 26.3 Å². The standard InChI is InChI=1S/C19H16ClN3O3/c1-12(24)13-4-3-5-16(8-13)22-11-14(10-21)19(25)23-17-9-15(20)6-7-18(17)26-2/h3-9,11,22H,1-2H3,(H,23,25)/b14-11-. The highest BCUT2D eigenvalue weighted by molar-refractivity contribution is 6.31. The van der Waals surface area contributed by atoms with Crippen molar-refractivity contribution in [3.8, 4) is 11.8 Å². The summed E-state index contributed by atoms with van der Waals surface area (Å²) in [4.78, 5) is 23.7. The number of Topliss-reactive ketones (excluding diaryl/α,β-unsaturated/α-hetero) is 1. The second-order valence-corrected chi connectivity index (χ2v) is 5.69. The number of hydrogen-bond acceptors (Lipinski definition) is 5. The third kappa shape index (κ3) is 4.85. The Morgan fingerprint density at radius 3 is 2.65 bits per heavy atom. The predicted octanol–water partition coefficient (Wildman–Crippen LogP) is 4.01. The van der Waals surface area contributed by atoms with E-state index in [1.54, 1.807) is 36.4 Å². The van der Waals surface area contributed by atoms with E-state index in [1.807, 2.05) is 6.07 Å². The van der Waals surface area contributed by atoms with Crippen LogP contribution in [0.2, 0.25) is 5.02 Å². The van der Waals surface area contributed by atoms with Gasteiger partial charge < -0.3 is 15.4 Å². The molecule has 2 aromatic rings. The lowest BCUT2D eigenvalue weighted by atomic mass is 10.1. The maximum atomic E-state index is 12.3. The number of benzene rings is 2. The van der Waals surface area contributed by atoms with Gasteiger partial charge in [-0.05, 0) is 37.3 Å². The molecule has 0 aliphatic carbocycles. The predicted molar refractivity (Wildman–Crippen MR) is 100 cm³/mol. The van der Waals surface area contributed by atoms with Crippen LogP contribution in [-0.4, -0.2) is 18.8 Å². The largest absolute Gasteiger partial charge is 0.495 e. The van der Waals surface area contributed by atoms with Crippen LogP contribution in [0.5, 0.6) is 5.75 Å². The van der Waals surface area contributed by atoms with Crippen LogP contribution in [0.15, 0.2) is 54.2 Å². The zero-order valence-electron chi connectivity index (χ0n) is 14.2. The van der Waals surface area contributed by atoms with Crippen LogP contribution in [0.3, 0.4) is 0 Å². The molecule has 6 nitrogen and oxygen atoms in total. The Balaban J connectivity index is 2.17. The zero-order chi connectivity index (χ0) is 19.1. The van der Waals surface area contributed by atoms with Gasteiger partial charge in [-0.3, -0.25) is 9.59 Å². The summed E-state index contributed by atoms with van der Waals surface area (Å²) in [7, 11) is 1.46. The summed E-state index contributed by atoms with van der Waals surface area (Å²) in [6, 6.07) is 13.3. The maximum Gasteiger partial charge on any atom is 0.267 e. The fraction of sp³-hybridized carbons (Fsp3) is 0.105. The Kier molecular flexibility index (Phi) is 6.36. The Morgan fingerprint density at radius 2 is 2.00 bits per heavy atom. The molecule has 0 aliphatic heterocycles. The van der Waals surface area contributed by atoms with Crippen molar-refractivity contribution in [3.05, 3.63) is 64.8 Å². The Morgan fingerprint density at radius 1 is 1.23 bits per heavy atom. The molecule has 0 radical (unpaired) electrons. The van der Waals surface area contributed by atoms with Crippen molar-refractivity contribution < 1.29 is 14.3 Å². The van der Waals surface area contributed by atoms with Crippen molar-refractivity contribution in [2.24, 2.45) is 0 Å². The van der Waals surface area contributed by atoms with Crippen LogP contribution >= 0.6 is 11.6 Å². The number of nitriles is 1. The number of anilines is 2. The topological polar surface area (TPSA) is 91.2 Å². The summed E-state index contributed by atoms with van der Waals surface area (Å²) >= 11 is 5.93. The summed E-state index contributed by atoms with van der Waals surface area (Å²) in [5, 5.41) is 15.1. The van der Waals surface area contributed by atoms with E-state index in [0.29, 0.717) is 27.7 Å². The van der Waals surface area contributed by atoms with Crippen LogP contribution in [-0.2, 0) is 4.79 Å². The Bertz CT molecular complexity index is 916. The molecule has 0 unspecified atom stereocenters. The first-order valence-electron chi connectivity index (χ1n) is 7.57. The van der Waals surface area contributed by atoms with E-state index in [4.69, 9.17) is 16.3 Å². The molecule has 0 aromatic heterocycles. The van der Waals surface area contributed by atoms with Gasteiger partial charge in [-0.25, -0.2) is 0 Å². The molecule has 0 atom stereocenters. The quantitative estimate of drug-likeness (QED) is 0.456. The average molecular weight is 370 g/mol. The highest BCUT2D eigenvalue weighted by Gasteiger charge is 2.13. The number of amides is 1. The SMILES string of the molecule is COc1ccc(Cl)cc1NC(=O)/C(C#N)=C\Nc1cccc(C(C)=O)c1. The van der Waals surface area contributed by atoms with E-state index in [-0.39, 0.29) is 11.4 Å². The number of hydrogen-bond donors (Lipinski definition) is 2. The molecule has 0 bridgehead atoms. The molecule has 0 saturated carbocycles. The number of rotatable bonds is 6. The number of methoxy groups -OCH3 is 1. The number of carbonyl (C=O) groups is 2. The lowest BCUT2D eigenvalue weighted by Crippen LogP contribution is -2.15. The van der Waals surface area contributed by atoms with Gasteiger partial charge in [0.1, 0.15) is 17.4 Å². The molecule has 26 heavy (non-hydrogen) atoms.